The van der Waals surface area contributed by atoms with E-state index < -0.39 is 0 Å². The third-order valence-corrected chi connectivity index (χ3v) is 5.60. The smallest absolute Gasteiger partial charge is 0.306 e. The van der Waals surface area contributed by atoms with E-state index in [1.807, 2.05) is 0 Å². The number of carbonyl (C=O) groups excluding carboxylic acids is 1. The summed E-state index contributed by atoms with van der Waals surface area (Å²) < 4.78 is 5.56. The molecule has 0 heterocycles. The van der Waals surface area contributed by atoms with Gasteiger partial charge >= 0.3 is 5.97 Å². The Kier molecular flexibility index (Phi) is 10.8. The molecule has 148 valence electrons. The van der Waals surface area contributed by atoms with Gasteiger partial charge in [-0.2, -0.15) is 0 Å². The average Bonchev–Trinajstić information content (AvgIpc) is 2.95. The van der Waals surface area contributed by atoms with Crippen molar-refractivity contribution in [3.8, 4) is 0 Å². The van der Waals surface area contributed by atoms with E-state index in [1.165, 1.54) is 77.0 Å². The van der Waals surface area contributed by atoms with Crippen molar-refractivity contribution in [1.82, 2.24) is 0 Å². The lowest BCUT2D eigenvalue weighted by molar-refractivity contribution is -0.147. The number of ether oxygens (including phenoxy) is 1. The Balaban J connectivity index is 2.09. The second-order valence-corrected chi connectivity index (χ2v) is 9.67. The summed E-state index contributed by atoms with van der Waals surface area (Å²) in [6, 6.07) is 0. The van der Waals surface area contributed by atoms with Crippen LogP contribution in [0, 0.1) is 10.8 Å². The van der Waals surface area contributed by atoms with Crippen LogP contribution in [0.25, 0.3) is 0 Å². The molecule has 0 unspecified atom stereocenters. The summed E-state index contributed by atoms with van der Waals surface area (Å²) in [5, 5.41) is 0. The average molecular weight is 353 g/mol. The fourth-order valence-corrected chi connectivity index (χ4v) is 4.62. The summed E-state index contributed by atoms with van der Waals surface area (Å²) >= 11 is 0. The lowest BCUT2D eigenvalue weighted by Gasteiger charge is -2.34. The largest absolute Gasteiger partial charge is 0.466 e. The van der Waals surface area contributed by atoms with Gasteiger partial charge in [-0.25, -0.2) is 0 Å². The number of rotatable bonds is 13. The van der Waals surface area contributed by atoms with E-state index in [-0.39, 0.29) is 11.4 Å². The molecule has 0 amide bonds. The highest BCUT2D eigenvalue weighted by atomic mass is 16.5. The van der Waals surface area contributed by atoms with Gasteiger partial charge in [0, 0.05) is 0 Å². The summed E-state index contributed by atoms with van der Waals surface area (Å²) in [6.07, 6.45) is 18.5. The van der Waals surface area contributed by atoms with Crippen LogP contribution < -0.4 is 0 Å². The van der Waals surface area contributed by atoms with Crippen molar-refractivity contribution in [2.24, 2.45) is 10.8 Å². The van der Waals surface area contributed by atoms with Gasteiger partial charge < -0.3 is 4.74 Å². The van der Waals surface area contributed by atoms with Crippen molar-refractivity contribution in [3.05, 3.63) is 0 Å². The van der Waals surface area contributed by atoms with Gasteiger partial charge in [0.05, 0.1) is 13.0 Å². The maximum atomic E-state index is 12.3. The van der Waals surface area contributed by atoms with Crippen molar-refractivity contribution >= 4 is 5.97 Å². The first-order valence-corrected chi connectivity index (χ1v) is 11.0. The van der Waals surface area contributed by atoms with Gasteiger partial charge in [-0.3, -0.25) is 4.79 Å². The van der Waals surface area contributed by atoms with Crippen molar-refractivity contribution in [2.75, 3.05) is 6.61 Å². The van der Waals surface area contributed by atoms with Crippen LogP contribution in [0.3, 0.4) is 0 Å². The van der Waals surface area contributed by atoms with E-state index in [9.17, 15) is 4.79 Å². The lowest BCUT2D eigenvalue weighted by atomic mass is 9.71. The summed E-state index contributed by atoms with van der Waals surface area (Å²) in [5.41, 5.74) is 0.509. The third-order valence-electron chi connectivity index (χ3n) is 5.60. The van der Waals surface area contributed by atoms with Gasteiger partial charge in [0.1, 0.15) is 0 Å². The number of esters is 1. The molecule has 0 aliphatic heterocycles. The molecule has 0 bridgehead atoms. The minimum atomic E-state index is 0.0470. The van der Waals surface area contributed by atoms with Crippen LogP contribution in [0.4, 0.5) is 0 Å². The Hall–Kier alpha value is -0.530. The minimum Gasteiger partial charge on any atom is -0.466 e. The Labute approximate surface area is 157 Å². The summed E-state index contributed by atoms with van der Waals surface area (Å²) in [5.74, 6) is 0.0470. The Morgan fingerprint density at radius 3 is 1.92 bits per heavy atom. The zero-order valence-corrected chi connectivity index (χ0v) is 17.6. The number of hydrogen-bond donors (Lipinski definition) is 0. The molecule has 0 spiro atoms. The van der Waals surface area contributed by atoms with Gasteiger partial charge in [-0.05, 0) is 36.5 Å². The number of carbonyl (C=O) groups is 1. The fraction of sp³-hybridized carbons (Fsp3) is 0.957. The normalized spacial score (nSPS) is 17.0. The molecule has 2 nitrogen and oxygen atoms in total. The number of unbranched alkanes of at least 4 members (excludes halogenated alkanes) is 8. The van der Waals surface area contributed by atoms with Crippen LogP contribution in [0.15, 0.2) is 0 Å². The van der Waals surface area contributed by atoms with Gasteiger partial charge in [-0.1, -0.05) is 91.9 Å². The molecule has 0 N–H and O–H groups in total. The zero-order chi connectivity index (χ0) is 18.6. The Bertz CT molecular complexity index is 348. The molecule has 0 aromatic rings. The predicted molar refractivity (Wildman–Crippen MR) is 108 cm³/mol. The lowest BCUT2D eigenvalue weighted by Crippen LogP contribution is -2.28. The van der Waals surface area contributed by atoms with Crippen LogP contribution in [-0.2, 0) is 9.53 Å². The molecule has 0 aromatic carbocycles. The molecular formula is C23H44O2. The highest BCUT2D eigenvalue weighted by Crippen LogP contribution is 2.48. The van der Waals surface area contributed by atoms with E-state index in [0.717, 1.165) is 12.8 Å². The van der Waals surface area contributed by atoms with E-state index in [0.29, 0.717) is 18.4 Å². The summed E-state index contributed by atoms with van der Waals surface area (Å²) in [6.45, 7) is 9.77. The molecule has 1 aliphatic carbocycles. The van der Waals surface area contributed by atoms with Crippen LogP contribution in [0.2, 0.25) is 0 Å². The third kappa shape index (κ3) is 10.9. The van der Waals surface area contributed by atoms with Crippen LogP contribution in [0.1, 0.15) is 124 Å². The monoisotopic (exact) mass is 352 g/mol. The zero-order valence-electron chi connectivity index (χ0n) is 17.6. The summed E-state index contributed by atoms with van der Waals surface area (Å²) in [4.78, 5) is 12.3. The van der Waals surface area contributed by atoms with Gasteiger partial charge in [0.25, 0.3) is 0 Å². The standard InChI is InChI=1S/C23H44O2/c1-5-6-7-8-9-10-11-12-15-18-25-21(24)19-23(16-13-14-17-23)20-22(2,3)4/h5-20H2,1-4H3. The molecule has 0 atom stereocenters. The molecule has 1 saturated carbocycles. The highest BCUT2D eigenvalue weighted by molar-refractivity contribution is 5.70. The second kappa shape index (κ2) is 12.0. The van der Waals surface area contributed by atoms with Crippen LogP contribution in [-0.4, -0.2) is 12.6 Å². The van der Waals surface area contributed by atoms with E-state index in [1.54, 1.807) is 0 Å². The highest BCUT2D eigenvalue weighted by Gasteiger charge is 2.39. The quantitative estimate of drug-likeness (QED) is 0.254. The predicted octanol–water partition coefficient (Wildman–Crippen LogP) is 7.45. The first-order chi connectivity index (χ1) is 11.9. The van der Waals surface area contributed by atoms with E-state index in [4.69, 9.17) is 4.74 Å². The molecule has 1 rings (SSSR count). The molecule has 0 saturated heterocycles. The molecular weight excluding hydrogens is 308 g/mol. The SMILES string of the molecule is CCCCCCCCCCCOC(=O)CC1(CC(C)(C)C)CCCC1. The van der Waals surface area contributed by atoms with E-state index >= 15 is 0 Å². The maximum Gasteiger partial charge on any atom is 0.306 e. The second-order valence-electron chi connectivity index (χ2n) is 9.67. The van der Waals surface area contributed by atoms with Crippen LogP contribution >= 0.6 is 0 Å². The number of hydrogen-bond acceptors (Lipinski definition) is 2. The molecule has 25 heavy (non-hydrogen) atoms. The van der Waals surface area contributed by atoms with E-state index in [2.05, 4.69) is 27.7 Å². The Morgan fingerprint density at radius 2 is 1.40 bits per heavy atom. The molecule has 1 aliphatic rings. The molecule has 0 radical (unpaired) electrons. The molecule has 2 heteroatoms. The fourth-order valence-electron chi connectivity index (χ4n) is 4.62. The minimum absolute atomic E-state index is 0.0470. The van der Waals surface area contributed by atoms with Crippen molar-refractivity contribution < 1.29 is 9.53 Å². The first-order valence-electron chi connectivity index (χ1n) is 11.0. The van der Waals surface area contributed by atoms with Gasteiger partial charge in [-0.15, -0.1) is 0 Å². The Morgan fingerprint density at radius 1 is 0.880 bits per heavy atom. The van der Waals surface area contributed by atoms with Crippen molar-refractivity contribution in [1.29, 1.82) is 0 Å². The van der Waals surface area contributed by atoms with Crippen molar-refractivity contribution in [2.45, 2.75) is 124 Å². The van der Waals surface area contributed by atoms with Gasteiger partial charge in [0.15, 0.2) is 0 Å². The first kappa shape index (κ1) is 22.5. The van der Waals surface area contributed by atoms with Crippen LogP contribution in [0.5, 0.6) is 0 Å². The topological polar surface area (TPSA) is 26.3 Å². The van der Waals surface area contributed by atoms with Crippen molar-refractivity contribution in [3.63, 3.8) is 0 Å². The molecule has 0 aromatic heterocycles. The molecule has 1 fully saturated rings. The van der Waals surface area contributed by atoms with Gasteiger partial charge in [0.2, 0.25) is 0 Å². The summed E-state index contributed by atoms with van der Waals surface area (Å²) in [7, 11) is 0. The maximum absolute atomic E-state index is 12.3.